The maximum atomic E-state index is 5.79. The van der Waals surface area contributed by atoms with E-state index >= 15 is 0 Å². The number of nitrogens with two attached hydrogens (primary N) is 1. The summed E-state index contributed by atoms with van der Waals surface area (Å²) in [5.41, 5.74) is 9.74. The van der Waals surface area contributed by atoms with Gasteiger partial charge in [-0.25, -0.2) is 9.97 Å². The third-order valence-corrected chi connectivity index (χ3v) is 3.13. The van der Waals surface area contributed by atoms with Crippen LogP contribution in [-0.4, -0.2) is 17.1 Å². The first-order chi connectivity index (χ1) is 8.63. The molecule has 4 heteroatoms. The Balaban J connectivity index is 2.37. The lowest BCUT2D eigenvalue weighted by molar-refractivity contribution is 0.119. The molecule has 1 atom stereocenters. The van der Waals surface area contributed by atoms with Crippen molar-refractivity contribution in [3.63, 3.8) is 0 Å². The zero-order chi connectivity index (χ0) is 13.1. The van der Waals surface area contributed by atoms with Crippen LogP contribution in [0, 0.1) is 6.92 Å². The molecule has 2 N–H and O–H groups in total. The first-order valence-corrected chi connectivity index (χ1v) is 5.83. The minimum Gasteiger partial charge on any atom is -0.383 e. The second-order valence-corrected chi connectivity index (χ2v) is 4.23. The minimum atomic E-state index is 0.0932. The lowest BCUT2D eigenvalue weighted by Gasteiger charge is -2.11. The highest BCUT2D eigenvalue weighted by molar-refractivity contribution is 5.66. The average molecular weight is 243 g/mol. The SMILES string of the molecule is CO[C@H](C)c1ccc(-c2ncnc(N)c2C)cc1. The van der Waals surface area contributed by atoms with Crippen molar-refractivity contribution in [2.24, 2.45) is 0 Å². The van der Waals surface area contributed by atoms with E-state index in [4.69, 9.17) is 10.5 Å². The van der Waals surface area contributed by atoms with Crippen molar-refractivity contribution < 1.29 is 4.74 Å². The molecular weight excluding hydrogens is 226 g/mol. The van der Waals surface area contributed by atoms with Crippen LogP contribution in [0.5, 0.6) is 0 Å². The number of hydrogen-bond acceptors (Lipinski definition) is 4. The monoisotopic (exact) mass is 243 g/mol. The highest BCUT2D eigenvalue weighted by Crippen LogP contribution is 2.25. The lowest BCUT2D eigenvalue weighted by atomic mass is 10.0. The van der Waals surface area contributed by atoms with E-state index in [2.05, 4.69) is 9.97 Å². The Hall–Kier alpha value is -1.94. The van der Waals surface area contributed by atoms with Crippen LogP contribution < -0.4 is 5.73 Å². The van der Waals surface area contributed by atoms with Gasteiger partial charge in [0.15, 0.2) is 0 Å². The summed E-state index contributed by atoms with van der Waals surface area (Å²) >= 11 is 0. The molecule has 0 radical (unpaired) electrons. The lowest BCUT2D eigenvalue weighted by Crippen LogP contribution is -1.99. The van der Waals surface area contributed by atoms with Gasteiger partial charge in [-0.15, -0.1) is 0 Å². The van der Waals surface area contributed by atoms with Gasteiger partial charge in [0.2, 0.25) is 0 Å². The van der Waals surface area contributed by atoms with Gasteiger partial charge in [-0.1, -0.05) is 24.3 Å². The number of benzene rings is 1. The topological polar surface area (TPSA) is 61.0 Å². The van der Waals surface area contributed by atoms with Crippen LogP contribution in [-0.2, 0) is 4.74 Å². The Labute approximate surface area is 107 Å². The minimum absolute atomic E-state index is 0.0932. The summed E-state index contributed by atoms with van der Waals surface area (Å²) < 4.78 is 5.28. The summed E-state index contributed by atoms with van der Waals surface area (Å²) in [4.78, 5) is 8.25. The molecule has 0 amide bonds. The van der Waals surface area contributed by atoms with Crippen molar-refractivity contribution >= 4 is 5.82 Å². The zero-order valence-electron chi connectivity index (χ0n) is 10.8. The molecule has 0 saturated carbocycles. The fourth-order valence-corrected chi connectivity index (χ4v) is 1.80. The van der Waals surface area contributed by atoms with Gasteiger partial charge in [-0.3, -0.25) is 0 Å². The number of ether oxygens (including phenoxy) is 1. The Bertz CT molecular complexity index is 537. The fraction of sp³-hybridized carbons (Fsp3) is 0.286. The molecule has 0 aliphatic heterocycles. The van der Waals surface area contributed by atoms with Crippen molar-refractivity contribution in [3.8, 4) is 11.3 Å². The van der Waals surface area contributed by atoms with E-state index in [1.54, 1.807) is 7.11 Å². The Morgan fingerprint density at radius 2 is 1.83 bits per heavy atom. The maximum Gasteiger partial charge on any atom is 0.130 e. The first kappa shape index (κ1) is 12.5. The third kappa shape index (κ3) is 2.33. The molecule has 0 aliphatic carbocycles. The van der Waals surface area contributed by atoms with Gasteiger partial charge in [0.25, 0.3) is 0 Å². The second kappa shape index (κ2) is 5.14. The van der Waals surface area contributed by atoms with Crippen LogP contribution in [0.3, 0.4) is 0 Å². The van der Waals surface area contributed by atoms with Gasteiger partial charge in [0, 0.05) is 18.2 Å². The predicted octanol–water partition coefficient (Wildman–Crippen LogP) is 2.74. The second-order valence-electron chi connectivity index (χ2n) is 4.23. The molecule has 0 spiro atoms. The van der Waals surface area contributed by atoms with Gasteiger partial charge in [-0.05, 0) is 19.4 Å². The van der Waals surface area contributed by atoms with Crippen molar-refractivity contribution in [3.05, 3.63) is 41.7 Å². The molecule has 0 unspecified atom stereocenters. The van der Waals surface area contributed by atoms with E-state index in [0.717, 1.165) is 22.4 Å². The standard InChI is InChI=1S/C14H17N3O/c1-9-13(16-8-17-14(9)15)12-6-4-11(5-7-12)10(2)18-3/h4-8,10H,1-3H3,(H2,15,16,17)/t10-/m1/s1. The highest BCUT2D eigenvalue weighted by Gasteiger charge is 2.08. The zero-order valence-corrected chi connectivity index (χ0v) is 10.8. The predicted molar refractivity (Wildman–Crippen MR) is 72.0 cm³/mol. The van der Waals surface area contributed by atoms with Crippen LogP contribution in [0.2, 0.25) is 0 Å². The number of nitrogen functional groups attached to an aromatic ring is 1. The van der Waals surface area contributed by atoms with Gasteiger partial charge in [0.05, 0.1) is 11.8 Å². The number of methoxy groups -OCH3 is 1. The largest absolute Gasteiger partial charge is 0.383 e. The summed E-state index contributed by atoms with van der Waals surface area (Å²) in [5.74, 6) is 0.523. The number of nitrogens with zero attached hydrogens (tertiary/aromatic N) is 2. The van der Waals surface area contributed by atoms with Crippen molar-refractivity contribution in [2.45, 2.75) is 20.0 Å². The molecule has 0 saturated heterocycles. The van der Waals surface area contributed by atoms with Crippen molar-refractivity contribution in [2.75, 3.05) is 12.8 Å². The van der Waals surface area contributed by atoms with E-state index in [1.807, 2.05) is 38.1 Å². The van der Waals surface area contributed by atoms with Crippen molar-refractivity contribution in [1.29, 1.82) is 0 Å². The summed E-state index contributed by atoms with van der Waals surface area (Å²) in [7, 11) is 1.70. The molecule has 1 heterocycles. The molecule has 2 rings (SSSR count). The van der Waals surface area contributed by atoms with Gasteiger partial charge >= 0.3 is 0 Å². The maximum absolute atomic E-state index is 5.79. The Morgan fingerprint density at radius 1 is 1.17 bits per heavy atom. The number of anilines is 1. The molecule has 1 aromatic heterocycles. The summed E-state index contributed by atoms with van der Waals surface area (Å²) in [5, 5.41) is 0. The van der Waals surface area contributed by atoms with E-state index in [0.29, 0.717) is 5.82 Å². The van der Waals surface area contributed by atoms with Crippen molar-refractivity contribution in [1.82, 2.24) is 9.97 Å². The van der Waals surface area contributed by atoms with E-state index < -0.39 is 0 Å². The molecule has 4 nitrogen and oxygen atoms in total. The van der Waals surface area contributed by atoms with E-state index in [9.17, 15) is 0 Å². The van der Waals surface area contributed by atoms with Crippen LogP contribution in [0.25, 0.3) is 11.3 Å². The molecule has 0 bridgehead atoms. The fourth-order valence-electron chi connectivity index (χ4n) is 1.80. The van der Waals surface area contributed by atoms with E-state index in [-0.39, 0.29) is 6.10 Å². The summed E-state index contributed by atoms with van der Waals surface area (Å²) in [6, 6.07) is 8.14. The smallest absolute Gasteiger partial charge is 0.130 e. The quantitative estimate of drug-likeness (QED) is 0.900. The Kier molecular flexibility index (Phi) is 3.58. The first-order valence-electron chi connectivity index (χ1n) is 5.83. The molecule has 0 fully saturated rings. The number of aromatic nitrogens is 2. The summed E-state index contributed by atoms with van der Waals surface area (Å²) in [6.07, 6.45) is 1.58. The molecular formula is C14H17N3O. The highest BCUT2D eigenvalue weighted by atomic mass is 16.5. The molecule has 1 aromatic carbocycles. The number of rotatable bonds is 3. The number of hydrogen-bond donors (Lipinski definition) is 1. The molecule has 0 aliphatic rings. The normalized spacial score (nSPS) is 12.4. The van der Waals surface area contributed by atoms with Gasteiger partial charge < -0.3 is 10.5 Å². The van der Waals surface area contributed by atoms with E-state index in [1.165, 1.54) is 6.33 Å². The molecule has 18 heavy (non-hydrogen) atoms. The van der Waals surface area contributed by atoms with Crippen LogP contribution in [0.15, 0.2) is 30.6 Å². The molecule has 2 aromatic rings. The van der Waals surface area contributed by atoms with Crippen LogP contribution in [0.4, 0.5) is 5.82 Å². The van der Waals surface area contributed by atoms with Crippen LogP contribution in [0.1, 0.15) is 24.2 Å². The Morgan fingerprint density at radius 3 is 2.44 bits per heavy atom. The third-order valence-electron chi connectivity index (χ3n) is 3.13. The van der Waals surface area contributed by atoms with Gasteiger partial charge in [-0.2, -0.15) is 0 Å². The van der Waals surface area contributed by atoms with Crippen LogP contribution >= 0.6 is 0 Å². The van der Waals surface area contributed by atoms with Gasteiger partial charge in [0.1, 0.15) is 12.1 Å². The average Bonchev–Trinajstić information content (AvgIpc) is 2.41. The summed E-state index contributed by atoms with van der Waals surface area (Å²) in [6.45, 7) is 3.94. The molecule has 94 valence electrons.